The maximum absolute atomic E-state index is 12.8. The first-order valence-corrected chi connectivity index (χ1v) is 7.29. The van der Waals surface area contributed by atoms with Gasteiger partial charge in [-0.2, -0.15) is 13.2 Å². The zero-order valence-electron chi connectivity index (χ0n) is 12.5. The SMILES string of the molecule is CCOc1ccc(C(F)(F)F)cc1CC(C)C1CC1C(=O)O. The summed E-state index contributed by atoms with van der Waals surface area (Å²) >= 11 is 0. The van der Waals surface area contributed by atoms with Gasteiger partial charge in [0, 0.05) is 0 Å². The van der Waals surface area contributed by atoms with E-state index in [1.54, 1.807) is 6.92 Å². The van der Waals surface area contributed by atoms with Gasteiger partial charge in [-0.1, -0.05) is 6.92 Å². The van der Waals surface area contributed by atoms with Crippen molar-refractivity contribution in [3.05, 3.63) is 29.3 Å². The molecule has 1 aliphatic rings. The van der Waals surface area contributed by atoms with Gasteiger partial charge in [-0.15, -0.1) is 0 Å². The minimum absolute atomic E-state index is 0.00351. The van der Waals surface area contributed by atoms with Gasteiger partial charge in [0.25, 0.3) is 0 Å². The Morgan fingerprint density at radius 3 is 2.64 bits per heavy atom. The summed E-state index contributed by atoms with van der Waals surface area (Å²) in [6, 6.07) is 3.46. The van der Waals surface area contributed by atoms with E-state index in [0.29, 0.717) is 30.8 Å². The fourth-order valence-corrected chi connectivity index (χ4v) is 2.84. The normalized spacial score (nSPS) is 22.2. The summed E-state index contributed by atoms with van der Waals surface area (Å²) in [5, 5.41) is 8.95. The summed E-state index contributed by atoms with van der Waals surface area (Å²) in [6.07, 6.45) is -3.42. The average molecular weight is 316 g/mol. The van der Waals surface area contributed by atoms with Crippen LogP contribution in [0.1, 0.15) is 31.4 Å². The van der Waals surface area contributed by atoms with Crippen LogP contribution in [0, 0.1) is 17.8 Å². The number of hydrogen-bond donors (Lipinski definition) is 1. The number of carboxylic acids is 1. The molecule has 0 saturated heterocycles. The highest BCUT2D eigenvalue weighted by molar-refractivity contribution is 5.73. The molecular formula is C16H19F3O3. The quantitative estimate of drug-likeness (QED) is 0.863. The summed E-state index contributed by atoms with van der Waals surface area (Å²) in [4.78, 5) is 10.9. The van der Waals surface area contributed by atoms with Gasteiger partial charge >= 0.3 is 12.1 Å². The molecule has 1 aliphatic carbocycles. The molecule has 3 unspecified atom stereocenters. The van der Waals surface area contributed by atoms with Crippen molar-refractivity contribution in [2.24, 2.45) is 17.8 Å². The van der Waals surface area contributed by atoms with Crippen LogP contribution < -0.4 is 4.74 Å². The lowest BCUT2D eigenvalue weighted by Crippen LogP contribution is -2.11. The van der Waals surface area contributed by atoms with Crippen molar-refractivity contribution in [1.29, 1.82) is 0 Å². The molecule has 122 valence electrons. The van der Waals surface area contributed by atoms with E-state index < -0.39 is 17.7 Å². The fourth-order valence-electron chi connectivity index (χ4n) is 2.84. The molecule has 2 rings (SSSR count). The number of benzene rings is 1. The predicted octanol–water partition coefficient (Wildman–Crippen LogP) is 4.00. The smallest absolute Gasteiger partial charge is 0.416 e. The van der Waals surface area contributed by atoms with Gasteiger partial charge in [0.1, 0.15) is 5.75 Å². The van der Waals surface area contributed by atoms with Crippen LogP contribution in [0.3, 0.4) is 0 Å². The van der Waals surface area contributed by atoms with Crippen molar-refractivity contribution < 1.29 is 27.8 Å². The topological polar surface area (TPSA) is 46.5 Å². The first-order chi connectivity index (χ1) is 10.2. The largest absolute Gasteiger partial charge is 0.494 e. The highest BCUT2D eigenvalue weighted by Gasteiger charge is 2.46. The van der Waals surface area contributed by atoms with Crippen LogP contribution in [0.15, 0.2) is 18.2 Å². The Labute approximate surface area is 127 Å². The third kappa shape index (κ3) is 3.72. The van der Waals surface area contributed by atoms with E-state index in [4.69, 9.17) is 9.84 Å². The molecule has 0 amide bonds. The zero-order chi connectivity index (χ0) is 16.5. The second-order valence-corrected chi connectivity index (χ2v) is 5.78. The maximum Gasteiger partial charge on any atom is 0.416 e. The molecule has 0 aliphatic heterocycles. The van der Waals surface area contributed by atoms with E-state index in [-0.39, 0.29) is 17.8 Å². The van der Waals surface area contributed by atoms with Gasteiger partial charge in [0.05, 0.1) is 18.1 Å². The lowest BCUT2D eigenvalue weighted by Gasteiger charge is -2.17. The van der Waals surface area contributed by atoms with Crippen LogP contribution >= 0.6 is 0 Å². The van der Waals surface area contributed by atoms with Gasteiger partial charge < -0.3 is 9.84 Å². The maximum atomic E-state index is 12.8. The Morgan fingerprint density at radius 2 is 2.14 bits per heavy atom. The van der Waals surface area contributed by atoms with Crippen LogP contribution in [-0.2, 0) is 17.4 Å². The molecule has 0 bridgehead atoms. The summed E-state index contributed by atoms with van der Waals surface area (Å²) in [6.45, 7) is 4.02. The van der Waals surface area contributed by atoms with Gasteiger partial charge in [-0.25, -0.2) is 0 Å². The molecule has 0 aromatic heterocycles. The second-order valence-electron chi connectivity index (χ2n) is 5.78. The molecule has 1 saturated carbocycles. The minimum Gasteiger partial charge on any atom is -0.494 e. The van der Waals surface area contributed by atoms with Crippen molar-refractivity contribution in [3.8, 4) is 5.75 Å². The Balaban J connectivity index is 2.18. The highest BCUT2D eigenvalue weighted by atomic mass is 19.4. The number of hydrogen-bond acceptors (Lipinski definition) is 2. The summed E-state index contributed by atoms with van der Waals surface area (Å²) in [7, 11) is 0. The number of rotatable bonds is 6. The molecule has 1 aromatic rings. The molecule has 0 radical (unpaired) electrons. The Morgan fingerprint density at radius 1 is 1.45 bits per heavy atom. The Bertz CT molecular complexity index is 554. The van der Waals surface area contributed by atoms with E-state index >= 15 is 0 Å². The standard InChI is InChI=1S/C16H19F3O3/c1-3-22-14-5-4-11(16(17,18)19)7-10(14)6-9(2)12-8-13(12)15(20)21/h4-5,7,9,12-13H,3,6,8H2,1-2H3,(H,20,21). The Kier molecular flexibility index (Phi) is 4.68. The lowest BCUT2D eigenvalue weighted by atomic mass is 9.94. The van der Waals surface area contributed by atoms with Crippen LogP contribution in [0.25, 0.3) is 0 Å². The van der Waals surface area contributed by atoms with Gasteiger partial charge in [-0.3, -0.25) is 4.79 Å². The molecule has 1 fully saturated rings. The van der Waals surface area contributed by atoms with Gasteiger partial charge in [0.2, 0.25) is 0 Å². The van der Waals surface area contributed by atoms with Crippen LogP contribution in [0.5, 0.6) is 5.75 Å². The molecule has 22 heavy (non-hydrogen) atoms. The third-order valence-corrected chi connectivity index (χ3v) is 4.12. The number of carboxylic acid groups (broad SMARTS) is 1. The van der Waals surface area contributed by atoms with Gasteiger partial charge in [-0.05, 0) is 55.4 Å². The lowest BCUT2D eigenvalue weighted by molar-refractivity contribution is -0.139. The molecule has 1 aromatic carbocycles. The molecule has 1 N–H and O–H groups in total. The Hall–Kier alpha value is -1.72. The summed E-state index contributed by atoms with van der Waals surface area (Å²) in [5.74, 6) is -0.720. The molecule has 3 nitrogen and oxygen atoms in total. The van der Waals surface area contributed by atoms with Crippen molar-refractivity contribution in [1.82, 2.24) is 0 Å². The average Bonchev–Trinajstić information content (AvgIpc) is 3.20. The van der Waals surface area contributed by atoms with Crippen LogP contribution in [-0.4, -0.2) is 17.7 Å². The molecular weight excluding hydrogens is 297 g/mol. The highest BCUT2D eigenvalue weighted by Crippen LogP contribution is 2.46. The van der Waals surface area contributed by atoms with E-state index in [1.165, 1.54) is 6.07 Å². The monoisotopic (exact) mass is 316 g/mol. The van der Waals surface area contributed by atoms with E-state index in [0.717, 1.165) is 12.1 Å². The first kappa shape index (κ1) is 16.6. The number of halogens is 3. The van der Waals surface area contributed by atoms with Crippen molar-refractivity contribution >= 4 is 5.97 Å². The second kappa shape index (κ2) is 6.18. The summed E-state index contributed by atoms with van der Waals surface area (Å²) < 4.78 is 43.9. The van der Waals surface area contributed by atoms with Crippen LogP contribution in [0.2, 0.25) is 0 Å². The van der Waals surface area contributed by atoms with Crippen LogP contribution in [0.4, 0.5) is 13.2 Å². The van der Waals surface area contributed by atoms with Crippen molar-refractivity contribution in [3.63, 3.8) is 0 Å². The van der Waals surface area contributed by atoms with E-state index in [9.17, 15) is 18.0 Å². The van der Waals surface area contributed by atoms with E-state index in [2.05, 4.69) is 0 Å². The van der Waals surface area contributed by atoms with Crippen molar-refractivity contribution in [2.45, 2.75) is 32.9 Å². The number of carbonyl (C=O) groups is 1. The summed E-state index contributed by atoms with van der Waals surface area (Å²) in [5.41, 5.74) is -0.219. The number of aliphatic carboxylic acids is 1. The molecule has 0 heterocycles. The first-order valence-electron chi connectivity index (χ1n) is 7.29. The van der Waals surface area contributed by atoms with Gasteiger partial charge in [0.15, 0.2) is 0 Å². The van der Waals surface area contributed by atoms with Crippen molar-refractivity contribution in [2.75, 3.05) is 6.61 Å². The molecule has 0 spiro atoms. The molecule has 3 atom stereocenters. The minimum atomic E-state index is -4.40. The fraction of sp³-hybridized carbons (Fsp3) is 0.562. The number of ether oxygens (including phenoxy) is 1. The number of alkyl halides is 3. The molecule has 6 heteroatoms. The predicted molar refractivity (Wildman–Crippen MR) is 74.7 cm³/mol. The third-order valence-electron chi connectivity index (χ3n) is 4.12. The van der Waals surface area contributed by atoms with E-state index in [1.807, 2.05) is 6.92 Å². The zero-order valence-corrected chi connectivity index (χ0v) is 12.5.